The Kier molecular flexibility index (Phi) is 7.99. The smallest absolute Gasteiger partial charge is 0.409 e. The second-order valence-electron chi connectivity index (χ2n) is 7.98. The van der Waals surface area contributed by atoms with Crippen molar-refractivity contribution in [2.45, 2.75) is 39.3 Å². The zero-order valence-corrected chi connectivity index (χ0v) is 18.7. The van der Waals surface area contributed by atoms with Crippen LogP contribution in [-0.2, 0) is 11.3 Å². The Morgan fingerprint density at radius 3 is 2.81 bits per heavy atom. The molecule has 3 amide bonds. The van der Waals surface area contributed by atoms with Crippen molar-refractivity contribution < 1.29 is 18.7 Å². The number of ether oxygens (including phenoxy) is 1. The van der Waals surface area contributed by atoms with E-state index in [1.165, 1.54) is 6.07 Å². The predicted molar refractivity (Wildman–Crippen MR) is 121 cm³/mol. The van der Waals surface area contributed by atoms with Crippen molar-refractivity contribution in [1.82, 2.24) is 14.8 Å². The molecule has 1 aliphatic rings. The summed E-state index contributed by atoms with van der Waals surface area (Å²) in [5, 5.41) is 5.20. The number of aromatic nitrogens is 1. The number of likely N-dealkylation sites (tertiary alicyclic amines) is 1. The quantitative estimate of drug-likeness (QED) is 0.669. The molecule has 2 N–H and O–H groups in total. The number of likely N-dealkylation sites (N-methyl/N-ethyl adjacent to an activating group) is 1. The third kappa shape index (κ3) is 6.40. The van der Waals surface area contributed by atoms with Crippen LogP contribution in [0.15, 0.2) is 36.5 Å². The van der Waals surface area contributed by atoms with E-state index in [0.717, 1.165) is 30.6 Å². The second-order valence-corrected chi connectivity index (χ2v) is 7.98. The maximum atomic E-state index is 14.3. The lowest BCUT2D eigenvalue weighted by Crippen LogP contribution is -2.39. The summed E-state index contributed by atoms with van der Waals surface area (Å²) in [5.41, 5.74) is 2.34. The summed E-state index contributed by atoms with van der Waals surface area (Å²) in [6.45, 7) is 6.34. The van der Waals surface area contributed by atoms with Crippen LogP contribution in [0.3, 0.4) is 0 Å². The van der Waals surface area contributed by atoms with Gasteiger partial charge in [0.2, 0.25) is 0 Å². The molecule has 1 aromatic carbocycles. The van der Waals surface area contributed by atoms with Gasteiger partial charge in [-0.3, -0.25) is 9.88 Å². The van der Waals surface area contributed by atoms with Crippen LogP contribution >= 0.6 is 0 Å². The van der Waals surface area contributed by atoms with Crippen LogP contribution in [-0.4, -0.2) is 59.7 Å². The molecule has 1 aromatic heterocycles. The molecular weight excluding hydrogens is 413 g/mol. The number of halogens is 1. The summed E-state index contributed by atoms with van der Waals surface area (Å²) in [6.07, 6.45) is 2.87. The Morgan fingerprint density at radius 1 is 1.28 bits per heavy atom. The Morgan fingerprint density at radius 2 is 2.09 bits per heavy atom. The van der Waals surface area contributed by atoms with Crippen LogP contribution in [0.2, 0.25) is 0 Å². The number of aryl methyl sites for hydroxylation is 1. The first-order chi connectivity index (χ1) is 15.4. The van der Waals surface area contributed by atoms with Crippen LogP contribution in [0, 0.1) is 12.7 Å². The molecule has 1 aliphatic heterocycles. The highest BCUT2D eigenvalue weighted by molar-refractivity contribution is 5.99. The SMILES string of the molecule is CCCOC(=O)N(C)[C@H]1CCN(Cc2ccc(F)c(NC(=O)Nc3ccc(C)nc3)c2)C1. The maximum Gasteiger partial charge on any atom is 0.409 e. The van der Waals surface area contributed by atoms with Crippen molar-refractivity contribution in [2.24, 2.45) is 0 Å². The van der Waals surface area contributed by atoms with Gasteiger partial charge < -0.3 is 20.3 Å². The fourth-order valence-corrected chi connectivity index (χ4v) is 3.56. The van der Waals surface area contributed by atoms with E-state index in [0.29, 0.717) is 25.4 Å². The molecule has 0 bridgehead atoms. The molecule has 172 valence electrons. The summed E-state index contributed by atoms with van der Waals surface area (Å²) >= 11 is 0. The van der Waals surface area contributed by atoms with Gasteiger partial charge in [0.1, 0.15) is 5.82 Å². The van der Waals surface area contributed by atoms with E-state index in [9.17, 15) is 14.0 Å². The molecule has 8 nitrogen and oxygen atoms in total. The normalized spacial score (nSPS) is 15.9. The number of nitrogens with one attached hydrogen (secondary N) is 2. The van der Waals surface area contributed by atoms with Gasteiger partial charge in [0.25, 0.3) is 0 Å². The van der Waals surface area contributed by atoms with Crippen LogP contribution < -0.4 is 10.6 Å². The first-order valence-electron chi connectivity index (χ1n) is 10.8. The molecule has 32 heavy (non-hydrogen) atoms. The molecule has 0 saturated carbocycles. The van der Waals surface area contributed by atoms with Crippen LogP contribution in [0.25, 0.3) is 0 Å². The lowest BCUT2D eigenvalue weighted by Gasteiger charge is -2.24. The first-order valence-corrected chi connectivity index (χ1v) is 10.8. The number of amides is 3. The van der Waals surface area contributed by atoms with Crippen molar-refractivity contribution >= 4 is 23.5 Å². The summed E-state index contributed by atoms with van der Waals surface area (Å²) in [7, 11) is 1.76. The molecule has 1 saturated heterocycles. The average molecular weight is 444 g/mol. The third-order valence-electron chi connectivity index (χ3n) is 5.37. The van der Waals surface area contributed by atoms with E-state index >= 15 is 0 Å². The van der Waals surface area contributed by atoms with Crippen molar-refractivity contribution in [1.29, 1.82) is 0 Å². The van der Waals surface area contributed by atoms with E-state index < -0.39 is 11.8 Å². The fourth-order valence-electron chi connectivity index (χ4n) is 3.56. The van der Waals surface area contributed by atoms with Crippen molar-refractivity contribution in [3.63, 3.8) is 0 Å². The Hall–Kier alpha value is -3.20. The number of rotatable bonds is 7. The Bertz CT molecular complexity index is 938. The fraction of sp³-hybridized carbons (Fsp3) is 0.435. The number of urea groups is 1. The standard InChI is InChI=1S/C23H30FN5O3/c1-4-11-32-23(31)28(3)19-9-10-29(15-19)14-17-6-8-20(24)21(12-17)27-22(30)26-18-7-5-16(2)25-13-18/h5-8,12-13,19H,4,9-11,14-15H2,1-3H3,(H2,26,27,30)/t19-/m0/s1. The zero-order valence-electron chi connectivity index (χ0n) is 18.7. The molecule has 3 rings (SSSR count). The predicted octanol–water partition coefficient (Wildman–Crippen LogP) is 4.23. The van der Waals surface area contributed by atoms with Crippen LogP contribution in [0.4, 0.5) is 25.4 Å². The number of carbonyl (C=O) groups is 2. The van der Waals surface area contributed by atoms with Gasteiger partial charge in [0.15, 0.2) is 0 Å². The number of carbonyl (C=O) groups excluding carboxylic acids is 2. The Labute approximate surface area is 187 Å². The molecule has 0 unspecified atom stereocenters. The molecule has 2 heterocycles. The topological polar surface area (TPSA) is 86.8 Å². The minimum absolute atomic E-state index is 0.0753. The highest BCUT2D eigenvalue weighted by Crippen LogP contribution is 2.22. The van der Waals surface area contributed by atoms with Crippen LogP contribution in [0.5, 0.6) is 0 Å². The molecule has 1 fully saturated rings. The number of anilines is 2. The molecule has 0 aliphatic carbocycles. The second kappa shape index (κ2) is 10.9. The van der Waals surface area contributed by atoms with E-state index in [-0.39, 0.29) is 17.8 Å². The monoisotopic (exact) mass is 443 g/mol. The molecule has 2 aromatic rings. The minimum Gasteiger partial charge on any atom is -0.449 e. The third-order valence-corrected chi connectivity index (χ3v) is 5.37. The number of benzene rings is 1. The first kappa shape index (κ1) is 23.5. The van der Waals surface area contributed by atoms with Crippen LogP contribution in [0.1, 0.15) is 31.0 Å². The summed E-state index contributed by atoms with van der Waals surface area (Å²) in [6, 6.07) is 7.73. The summed E-state index contributed by atoms with van der Waals surface area (Å²) in [5.74, 6) is -0.511. The highest BCUT2D eigenvalue weighted by Gasteiger charge is 2.29. The van der Waals surface area contributed by atoms with Gasteiger partial charge in [0.05, 0.1) is 24.2 Å². The number of hydrogen-bond donors (Lipinski definition) is 2. The average Bonchev–Trinajstić information content (AvgIpc) is 3.23. The number of hydrogen-bond acceptors (Lipinski definition) is 5. The van der Waals surface area contributed by atoms with Crippen molar-refractivity contribution in [2.75, 3.05) is 37.4 Å². The summed E-state index contributed by atoms with van der Waals surface area (Å²) in [4.78, 5) is 32.3. The van der Waals surface area contributed by atoms with Gasteiger partial charge in [-0.05, 0) is 49.6 Å². The lowest BCUT2D eigenvalue weighted by molar-refractivity contribution is 0.0975. The number of pyridine rings is 1. The molecular formula is C23H30FN5O3. The molecule has 1 atom stereocenters. The lowest BCUT2D eigenvalue weighted by atomic mass is 10.2. The van der Waals surface area contributed by atoms with E-state index in [4.69, 9.17) is 4.74 Å². The molecule has 0 radical (unpaired) electrons. The van der Waals surface area contributed by atoms with E-state index in [1.807, 2.05) is 13.8 Å². The van der Waals surface area contributed by atoms with E-state index in [2.05, 4.69) is 20.5 Å². The minimum atomic E-state index is -0.542. The largest absolute Gasteiger partial charge is 0.449 e. The number of nitrogens with zero attached hydrogens (tertiary/aromatic N) is 3. The highest BCUT2D eigenvalue weighted by atomic mass is 19.1. The van der Waals surface area contributed by atoms with Crippen molar-refractivity contribution in [3.05, 3.63) is 53.6 Å². The molecule has 0 spiro atoms. The van der Waals surface area contributed by atoms with E-state index in [1.54, 1.807) is 42.4 Å². The van der Waals surface area contributed by atoms with Gasteiger partial charge in [0, 0.05) is 38.4 Å². The van der Waals surface area contributed by atoms with Crippen molar-refractivity contribution in [3.8, 4) is 0 Å². The van der Waals surface area contributed by atoms with Gasteiger partial charge in [-0.2, -0.15) is 0 Å². The zero-order chi connectivity index (χ0) is 23.1. The maximum absolute atomic E-state index is 14.3. The van der Waals surface area contributed by atoms with Gasteiger partial charge in [-0.15, -0.1) is 0 Å². The van der Waals surface area contributed by atoms with Gasteiger partial charge in [-0.1, -0.05) is 13.0 Å². The molecule has 9 heteroatoms. The summed E-state index contributed by atoms with van der Waals surface area (Å²) < 4.78 is 19.5. The Balaban J connectivity index is 1.55. The van der Waals surface area contributed by atoms with Gasteiger partial charge >= 0.3 is 12.1 Å². The van der Waals surface area contributed by atoms with Gasteiger partial charge in [-0.25, -0.2) is 14.0 Å².